The number of hydrogen-bond donors (Lipinski definition) is 0. The number of allylic oxidation sites excluding steroid dienone is 2. The summed E-state index contributed by atoms with van der Waals surface area (Å²) >= 11 is 0. The van der Waals surface area contributed by atoms with Crippen LogP contribution in [0.25, 0.3) is 0 Å². The highest BCUT2D eigenvalue weighted by Gasteiger charge is 2.38. The van der Waals surface area contributed by atoms with E-state index in [0.717, 1.165) is 32.1 Å². The van der Waals surface area contributed by atoms with Gasteiger partial charge in [-0.25, -0.2) is 0 Å². The molecule has 2 aliphatic rings. The number of carbonyl (C=O) groups is 1. The van der Waals surface area contributed by atoms with Gasteiger partial charge in [0.1, 0.15) is 5.78 Å². The van der Waals surface area contributed by atoms with Crippen LogP contribution in [0, 0.1) is 5.41 Å². The van der Waals surface area contributed by atoms with Crippen LogP contribution in [0.3, 0.4) is 0 Å². The molecule has 0 bridgehead atoms. The van der Waals surface area contributed by atoms with Crippen LogP contribution in [-0.4, -0.2) is 5.78 Å². The molecule has 1 heteroatoms. The predicted molar refractivity (Wildman–Crippen MR) is 48.9 cm³/mol. The first-order valence-electron chi connectivity index (χ1n) is 5.05. The van der Waals surface area contributed by atoms with E-state index in [0.29, 0.717) is 5.78 Å². The Labute approximate surface area is 73.8 Å². The molecule has 1 spiro atoms. The molecule has 0 unspecified atom stereocenters. The summed E-state index contributed by atoms with van der Waals surface area (Å²) in [6.07, 6.45) is 12.1. The molecule has 2 rings (SSSR count). The molecule has 0 aromatic heterocycles. The zero-order valence-electron chi connectivity index (χ0n) is 7.51. The van der Waals surface area contributed by atoms with Gasteiger partial charge < -0.3 is 0 Å². The highest BCUT2D eigenvalue weighted by Crippen LogP contribution is 2.42. The first kappa shape index (κ1) is 8.03. The molecule has 1 saturated carbocycles. The SMILES string of the molecule is O=C1CCCC=CC12CCCC2. The maximum absolute atomic E-state index is 11.8. The summed E-state index contributed by atoms with van der Waals surface area (Å²) in [6, 6.07) is 0. The molecule has 0 aromatic carbocycles. The number of rotatable bonds is 0. The average Bonchev–Trinajstić information content (AvgIpc) is 2.45. The van der Waals surface area contributed by atoms with Crippen molar-refractivity contribution < 1.29 is 4.79 Å². The molecule has 12 heavy (non-hydrogen) atoms. The Morgan fingerprint density at radius 2 is 1.92 bits per heavy atom. The fourth-order valence-electron chi connectivity index (χ4n) is 2.48. The Kier molecular flexibility index (Phi) is 2.03. The summed E-state index contributed by atoms with van der Waals surface area (Å²) in [4.78, 5) is 11.8. The summed E-state index contributed by atoms with van der Waals surface area (Å²) in [7, 11) is 0. The quantitative estimate of drug-likeness (QED) is 0.503. The van der Waals surface area contributed by atoms with Crippen LogP contribution in [0.4, 0.5) is 0 Å². The number of hydrogen-bond acceptors (Lipinski definition) is 1. The third-order valence-electron chi connectivity index (χ3n) is 3.26. The van der Waals surface area contributed by atoms with Gasteiger partial charge in [-0.1, -0.05) is 25.0 Å². The van der Waals surface area contributed by atoms with Gasteiger partial charge in [0, 0.05) is 11.8 Å². The van der Waals surface area contributed by atoms with Crippen LogP contribution < -0.4 is 0 Å². The van der Waals surface area contributed by atoms with Gasteiger partial charge in [-0.05, 0) is 25.7 Å². The van der Waals surface area contributed by atoms with Gasteiger partial charge in [0.2, 0.25) is 0 Å². The van der Waals surface area contributed by atoms with Crippen molar-refractivity contribution in [2.24, 2.45) is 5.41 Å². The predicted octanol–water partition coefficient (Wildman–Crippen LogP) is 2.86. The van der Waals surface area contributed by atoms with Crippen LogP contribution >= 0.6 is 0 Å². The average molecular weight is 164 g/mol. The Morgan fingerprint density at radius 3 is 2.67 bits per heavy atom. The van der Waals surface area contributed by atoms with Gasteiger partial charge in [-0.3, -0.25) is 4.79 Å². The maximum Gasteiger partial charge on any atom is 0.142 e. The van der Waals surface area contributed by atoms with E-state index in [2.05, 4.69) is 12.2 Å². The normalized spacial score (nSPS) is 27.8. The molecular weight excluding hydrogens is 148 g/mol. The fraction of sp³-hybridized carbons (Fsp3) is 0.727. The molecule has 0 heterocycles. The van der Waals surface area contributed by atoms with Crippen molar-refractivity contribution >= 4 is 5.78 Å². The van der Waals surface area contributed by atoms with E-state index in [4.69, 9.17) is 0 Å². The second kappa shape index (κ2) is 3.04. The molecule has 0 amide bonds. The van der Waals surface area contributed by atoms with Gasteiger partial charge in [-0.15, -0.1) is 0 Å². The van der Waals surface area contributed by atoms with Crippen molar-refractivity contribution in [1.82, 2.24) is 0 Å². The molecule has 0 atom stereocenters. The Morgan fingerprint density at radius 1 is 1.17 bits per heavy atom. The van der Waals surface area contributed by atoms with Gasteiger partial charge in [0.15, 0.2) is 0 Å². The molecule has 1 fully saturated rings. The Bertz CT molecular complexity index is 209. The molecule has 0 aromatic rings. The number of Topliss-reactive ketones (excluding diaryl/α,β-unsaturated/α-hetero) is 1. The van der Waals surface area contributed by atoms with Crippen molar-refractivity contribution in [1.29, 1.82) is 0 Å². The van der Waals surface area contributed by atoms with Gasteiger partial charge >= 0.3 is 0 Å². The summed E-state index contributed by atoms with van der Waals surface area (Å²) < 4.78 is 0. The van der Waals surface area contributed by atoms with E-state index in [1.54, 1.807) is 0 Å². The zero-order valence-corrected chi connectivity index (χ0v) is 7.51. The smallest absolute Gasteiger partial charge is 0.142 e. The molecule has 0 N–H and O–H groups in total. The highest BCUT2D eigenvalue weighted by atomic mass is 16.1. The Balaban J connectivity index is 2.23. The van der Waals surface area contributed by atoms with E-state index >= 15 is 0 Å². The summed E-state index contributed by atoms with van der Waals surface area (Å²) in [6.45, 7) is 0. The van der Waals surface area contributed by atoms with E-state index in [1.807, 2.05) is 0 Å². The molecule has 2 aliphatic carbocycles. The molecule has 0 saturated heterocycles. The van der Waals surface area contributed by atoms with Gasteiger partial charge in [0.25, 0.3) is 0 Å². The van der Waals surface area contributed by atoms with Crippen LogP contribution in [-0.2, 0) is 4.79 Å². The van der Waals surface area contributed by atoms with Crippen molar-refractivity contribution in [2.45, 2.75) is 44.9 Å². The number of carbonyl (C=O) groups excluding carboxylic acids is 1. The van der Waals surface area contributed by atoms with Crippen LogP contribution in [0.2, 0.25) is 0 Å². The lowest BCUT2D eigenvalue weighted by Crippen LogP contribution is -2.24. The topological polar surface area (TPSA) is 17.1 Å². The highest BCUT2D eigenvalue weighted by molar-refractivity contribution is 5.87. The van der Waals surface area contributed by atoms with Crippen molar-refractivity contribution in [3.05, 3.63) is 12.2 Å². The van der Waals surface area contributed by atoms with E-state index < -0.39 is 0 Å². The third-order valence-corrected chi connectivity index (χ3v) is 3.26. The minimum absolute atomic E-state index is 0.00347. The molecule has 0 aliphatic heterocycles. The van der Waals surface area contributed by atoms with E-state index in [9.17, 15) is 4.79 Å². The number of ketones is 1. The van der Waals surface area contributed by atoms with E-state index in [-0.39, 0.29) is 5.41 Å². The van der Waals surface area contributed by atoms with Crippen molar-refractivity contribution in [2.75, 3.05) is 0 Å². The zero-order chi connectivity index (χ0) is 8.44. The standard InChI is InChI=1S/C11H16O/c12-10-6-2-1-3-7-11(10)8-4-5-9-11/h3,7H,1-2,4-6,8-9H2. The maximum atomic E-state index is 11.8. The summed E-state index contributed by atoms with van der Waals surface area (Å²) in [5, 5.41) is 0. The van der Waals surface area contributed by atoms with Crippen molar-refractivity contribution in [3.8, 4) is 0 Å². The second-order valence-electron chi connectivity index (χ2n) is 4.08. The summed E-state index contributed by atoms with van der Waals surface area (Å²) in [5.74, 6) is 0.508. The lowest BCUT2D eigenvalue weighted by Gasteiger charge is -2.21. The lowest BCUT2D eigenvalue weighted by atomic mass is 9.81. The van der Waals surface area contributed by atoms with Gasteiger partial charge in [-0.2, -0.15) is 0 Å². The minimum atomic E-state index is -0.00347. The fourth-order valence-corrected chi connectivity index (χ4v) is 2.48. The van der Waals surface area contributed by atoms with Crippen LogP contribution in [0.15, 0.2) is 12.2 Å². The third kappa shape index (κ3) is 1.21. The largest absolute Gasteiger partial charge is 0.299 e. The van der Waals surface area contributed by atoms with Gasteiger partial charge in [0.05, 0.1) is 0 Å². The first-order valence-corrected chi connectivity index (χ1v) is 5.05. The second-order valence-corrected chi connectivity index (χ2v) is 4.08. The lowest BCUT2D eigenvalue weighted by molar-refractivity contribution is -0.126. The summed E-state index contributed by atoms with van der Waals surface area (Å²) in [5.41, 5.74) is -0.00347. The van der Waals surface area contributed by atoms with Crippen molar-refractivity contribution in [3.63, 3.8) is 0 Å². The molecule has 1 nitrogen and oxygen atoms in total. The molecule has 0 radical (unpaired) electrons. The van der Waals surface area contributed by atoms with Crippen LogP contribution in [0.5, 0.6) is 0 Å². The monoisotopic (exact) mass is 164 g/mol. The molecular formula is C11H16O. The first-order chi connectivity index (χ1) is 5.83. The molecule has 66 valence electrons. The Hall–Kier alpha value is -0.590. The minimum Gasteiger partial charge on any atom is -0.299 e. The van der Waals surface area contributed by atoms with E-state index in [1.165, 1.54) is 12.8 Å². The van der Waals surface area contributed by atoms with Crippen LogP contribution in [0.1, 0.15) is 44.9 Å².